The highest BCUT2D eigenvalue weighted by Crippen LogP contribution is 2.14. The van der Waals surface area contributed by atoms with Crippen LogP contribution in [0.2, 0.25) is 0 Å². The van der Waals surface area contributed by atoms with Crippen LogP contribution in [0.15, 0.2) is 54.6 Å². The summed E-state index contributed by atoms with van der Waals surface area (Å²) in [6, 6.07) is 15.6. The van der Waals surface area contributed by atoms with Gasteiger partial charge in [-0.05, 0) is 29.8 Å². The third-order valence-corrected chi connectivity index (χ3v) is 4.92. The predicted octanol–water partition coefficient (Wildman–Crippen LogP) is 1.38. The van der Waals surface area contributed by atoms with Crippen molar-refractivity contribution < 1.29 is 18.9 Å². The molecule has 3 N–H and O–H groups in total. The third-order valence-electron chi connectivity index (χ3n) is 4.92. The number of nitrogens with one attached hydrogen (secondary N) is 3. The first kappa shape index (κ1) is 19.0. The molecule has 2 aromatic rings. The minimum Gasteiger partial charge on any atom is -0.347 e. The summed E-state index contributed by atoms with van der Waals surface area (Å²) in [6.45, 7) is 2.40. The molecule has 0 unspecified atom stereocenters. The Kier molecular flexibility index (Phi) is 6.54. The highest BCUT2D eigenvalue weighted by Gasteiger charge is 2.28. The molecule has 5 nitrogen and oxygen atoms in total. The number of benzene rings is 2. The van der Waals surface area contributed by atoms with E-state index >= 15 is 0 Å². The number of hydrogen-bond donors (Lipinski definition) is 3. The number of piperidine rings is 1. The lowest BCUT2D eigenvalue weighted by atomic mass is 9.96. The van der Waals surface area contributed by atoms with Gasteiger partial charge in [0.1, 0.15) is 5.82 Å². The average molecular weight is 370 g/mol. The summed E-state index contributed by atoms with van der Waals surface area (Å²) < 4.78 is 12.9. The molecule has 2 aromatic carbocycles. The Bertz CT molecular complexity index is 757. The Labute approximate surface area is 158 Å². The normalized spacial score (nSPS) is 19.3. The van der Waals surface area contributed by atoms with Crippen LogP contribution in [0.1, 0.15) is 18.4 Å². The maximum Gasteiger partial charge on any atom is 0.275 e. The van der Waals surface area contributed by atoms with E-state index in [0.717, 1.165) is 37.2 Å². The van der Waals surface area contributed by atoms with Gasteiger partial charge < -0.3 is 15.5 Å². The lowest BCUT2D eigenvalue weighted by Crippen LogP contribution is -3.14. The molecule has 1 fully saturated rings. The number of likely N-dealkylation sites (tertiary alicyclic amines) is 1. The van der Waals surface area contributed by atoms with E-state index in [2.05, 4.69) is 10.6 Å². The van der Waals surface area contributed by atoms with E-state index in [1.165, 1.54) is 17.0 Å². The van der Waals surface area contributed by atoms with E-state index in [-0.39, 0.29) is 23.5 Å². The molecule has 2 amide bonds. The van der Waals surface area contributed by atoms with Gasteiger partial charge in [-0.25, -0.2) is 4.39 Å². The molecule has 1 saturated heterocycles. The van der Waals surface area contributed by atoms with Gasteiger partial charge >= 0.3 is 0 Å². The van der Waals surface area contributed by atoms with E-state index in [9.17, 15) is 14.0 Å². The first-order chi connectivity index (χ1) is 13.1. The second-order valence-electron chi connectivity index (χ2n) is 6.96. The summed E-state index contributed by atoms with van der Waals surface area (Å²) in [4.78, 5) is 25.7. The Morgan fingerprint density at radius 1 is 1.00 bits per heavy atom. The molecule has 0 spiro atoms. The van der Waals surface area contributed by atoms with Crippen molar-refractivity contribution in [2.45, 2.75) is 19.4 Å². The van der Waals surface area contributed by atoms with E-state index in [1.54, 1.807) is 12.1 Å². The Balaban J connectivity index is 1.38. The molecule has 0 radical (unpaired) electrons. The molecule has 142 valence electrons. The number of carbonyl (C=O) groups is 2. The summed E-state index contributed by atoms with van der Waals surface area (Å²) in [6.07, 6.45) is 1.55. The monoisotopic (exact) mass is 370 g/mol. The van der Waals surface area contributed by atoms with Crippen molar-refractivity contribution in [3.63, 3.8) is 0 Å². The minimum absolute atomic E-state index is 0.00349. The maximum atomic E-state index is 12.9. The van der Waals surface area contributed by atoms with Crippen molar-refractivity contribution in [3.05, 3.63) is 66.0 Å². The number of quaternary nitrogens is 1. The number of rotatable bonds is 6. The summed E-state index contributed by atoms with van der Waals surface area (Å²) in [5, 5.41) is 5.83. The van der Waals surface area contributed by atoms with Crippen LogP contribution in [0.5, 0.6) is 0 Å². The van der Waals surface area contributed by atoms with Crippen LogP contribution in [0.3, 0.4) is 0 Å². The second-order valence-corrected chi connectivity index (χ2v) is 6.96. The van der Waals surface area contributed by atoms with Gasteiger partial charge in [0.15, 0.2) is 6.54 Å². The average Bonchev–Trinajstić information content (AvgIpc) is 2.69. The van der Waals surface area contributed by atoms with Crippen LogP contribution >= 0.6 is 0 Å². The van der Waals surface area contributed by atoms with E-state index in [0.29, 0.717) is 13.1 Å². The highest BCUT2D eigenvalue weighted by molar-refractivity contribution is 5.92. The van der Waals surface area contributed by atoms with Gasteiger partial charge in [-0.3, -0.25) is 9.59 Å². The molecule has 27 heavy (non-hydrogen) atoms. The highest BCUT2D eigenvalue weighted by atomic mass is 19.1. The smallest absolute Gasteiger partial charge is 0.275 e. The van der Waals surface area contributed by atoms with E-state index in [1.807, 2.05) is 30.3 Å². The SMILES string of the molecule is O=C(C[NH+]1CCC(C(=O)Nc2ccccc2)CC1)NCc1ccc(F)cc1. The molecule has 0 atom stereocenters. The van der Waals surface area contributed by atoms with Crippen LogP contribution in [-0.4, -0.2) is 31.4 Å². The molecule has 0 aromatic heterocycles. The summed E-state index contributed by atoms with van der Waals surface area (Å²) in [5.74, 6) is -0.257. The molecule has 1 aliphatic heterocycles. The fourth-order valence-corrected chi connectivity index (χ4v) is 3.32. The number of halogens is 1. The zero-order chi connectivity index (χ0) is 19.1. The Morgan fingerprint density at radius 3 is 2.33 bits per heavy atom. The van der Waals surface area contributed by atoms with Crippen molar-refractivity contribution >= 4 is 17.5 Å². The van der Waals surface area contributed by atoms with E-state index in [4.69, 9.17) is 0 Å². The van der Waals surface area contributed by atoms with Crippen LogP contribution in [-0.2, 0) is 16.1 Å². The van der Waals surface area contributed by atoms with Gasteiger partial charge in [-0.15, -0.1) is 0 Å². The van der Waals surface area contributed by atoms with Gasteiger partial charge in [0, 0.05) is 31.0 Å². The van der Waals surface area contributed by atoms with Crippen molar-refractivity contribution in [2.24, 2.45) is 5.92 Å². The molecule has 6 heteroatoms. The summed E-state index contributed by atoms with van der Waals surface area (Å²) >= 11 is 0. The zero-order valence-electron chi connectivity index (χ0n) is 15.2. The lowest BCUT2D eigenvalue weighted by molar-refractivity contribution is -0.897. The fourth-order valence-electron chi connectivity index (χ4n) is 3.32. The standard InChI is InChI=1S/C21H24FN3O2/c22-18-8-6-16(7-9-18)14-23-20(26)15-25-12-10-17(11-13-25)21(27)24-19-4-2-1-3-5-19/h1-9,17H,10-15H2,(H,23,26)(H,24,27)/p+1. The van der Waals surface area contributed by atoms with Crippen LogP contribution in [0.25, 0.3) is 0 Å². The first-order valence-corrected chi connectivity index (χ1v) is 9.31. The molecular formula is C21H25FN3O2+. The second kappa shape index (κ2) is 9.28. The number of amides is 2. The summed E-state index contributed by atoms with van der Waals surface area (Å²) in [5.41, 5.74) is 1.69. The molecular weight excluding hydrogens is 345 g/mol. The fraction of sp³-hybridized carbons (Fsp3) is 0.333. The maximum absolute atomic E-state index is 12.9. The van der Waals surface area contributed by atoms with Crippen molar-refractivity contribution in [1.29, 1.82) is 0 Å². The summed E-state index contributed by atoms with van der Waals surface area (Å²) in [7, 11) is 0. The molecule has 3 rings (SSSR count). The first-order valence-electron chi connectivity index (χ1n) is 9.31. The van der Waals surface area contributed by atoms with E-state index < -0.39 is 0 Å². The van der Waals surface area contributed by atoms with Crippen molar-refractivity contribution in [2.75, 3.05) is 25.0 Å². The van der Waals surface area contributed by atoms with Gasteiger partial charge in [-0.1, -0.05) is 30.3 Å². The minimum atomic E-state index is -0.284. The van der Waals surface area contributed by atoms with Gasteiger partial charge in [0.2, 0.25) is 5.91 Å². The number of carbonyl (C=O) groups excluding carboxylic acids is 2. The Hall–Kier alpha value is -2.73. The molecule has 0 bridgehead atoms. The van der Waals surface area contributed by atoms with Crippen molar-refractivity contribution in [1.82, 2.24) is 5.32 Å². The topological polar surface area (TPSA) is 62.6 Å². The molecule has 0 aliphatic carbocycles. The van der Waals surface area contributed by atoms with Gasteiger partial charge in [-0.2, -0.15) is 0 Å². The number of hydrogen-bond acceptors (Lipinski definition) is 2. The van der Waals surface area contributed by atoms with Crippen LogP contribution in [0, 0.1) is 11.7 Å². The van der Waals surface area contributed by atoms with Crippen LogP contribution in [0.4, 0.5) is 10.1 Å². The number of para-hydroxylation sites is 1. The lowest BCUT2D eigenvalue weighted by Gasteiger charge is -2.28. The largest absolute Gasteiger partial charge is 0.347 e. The van der Waals surface area contributed by atoms with Gasteiger partial charge in [0.25, 0.3) is 5.91 Å². The molecule has 1 aliphatic rings. The quantitative estimate of drug-likeness (QED) is 0.719. The Morgan fingerprint density at radius 2 is 1.67 bits per heavy atom. The molecule has 1 heterocycles. The zero-order valence-corrected chi connectivity index (χ0v) is 15.2. The number of anilines is 1. The molecule has 0 saturated carbocycles. The van der Waals surface area contributed by atoms with Crippen molar-refractivity contribution in [3.8, 4) is 0 Å². The van der Waals surface area contributed by atoms with Crippen LogP contribution < -0.4 is 15.5 Å². The predicted molar refractivity (Wildman–Crippen MR) is 102 cm³/mol. The third kappa shape index (κ3) is 5.89. The van der Waals surface area contributed by atoms with Gasteiger partial charge in [0.05, 0.1) is 13.1 Å².